The molecular formula is C76H107ClF3N15O14. The van der Waals surface area contributed by atoms with Crippen LogP contribution >= 0.6 is 11.6 Å². The van der Waals surface area contributed by atoms with Crippen LogP contribution in [-0.2, 0) is 57.1 Å². The van der Waals surface area contributed by atoms with Crippen LogP contribution < -0.4 is 17.2 Å². The third-order valence-corrected chi connectivity index (χ3v) is 19.1. The fourth-order valence-electron chi connectivity index (χ4n) is 12.6. The molecule has 29 nitrogen and oxygen atoms in total. The molecule has 109 heavy (non-hydrogen) atoms. The number of aromatic nitrogens is 12. The van der Waals surface area contributed by atoms with Crippen molar-refractivity contribution in [2.24, 2.45) is 0 Å². The van der Waals surface area contributed by atoms with Crippen LogP contribution in [0.5, 0.6) is 0 Å². The highest BCUT2D eigenvalue weighted by molar-refractivity contribution is 6.63. The topological polar surface area (TPSA) is 399 Å². The number of nitrogens with two attached hydrogens (primary N) is 3. The molecule has 3 aliphatic heterocycles. The Bertz CT molecular complexity index is 3860. The van der Waals surface area contributed by atoms with Gasteiger partial charge in [0, 0.05) is 51.4 Å². The smallest absolute Gasteiger partial charge is 0.312 e. The molecule has 3 saturated heterocycles. The molecule has 3 fully saturated rings. The van der Waals surface area contributed by atoms with Crippen LogP contribution in [0.3, 0.4) is 0 Å². The fourth-order valence-corrected chi connectivity index (χ4v) is 12.8. The number of halogens is 4. The Balaban J connectivity index is 0.000000248. The Morgan fingerprint density at radius 2 is 0.752 bits per heavy atom. The minimum absolute atomic E-state index is 0.0971. The first kappa shape index (κ1) is 89.1. The predicted octanol–water partition coefficient (Wildman–Crippen LogP) is 12.3. The van der Waals surface area contributed by atoms with E-state index in [0.717, 1.165) is 128 Å². The van der Waals surface area contributed by atoms with Crippen molar-refractivity contribution in [2.45, 2.75) is 300 Å². The van der Waals surface area contributed by atoms with E-state index in [4.69, 9.17) is 81.2 Å². The van der Waals surface area contributed by atoms with Crippen LogP contribution in [0.4, 0.5) is 30.6 Å². The Hall–Kier alpha value is -8.84. The van der Waals surface area contributed by atoms with Crippen molar-refractivity contribution in [3.05, 3.63) is 37.2 Å². The molecular weight excluding hydrogens is 1440 g/mol. The molecule has 0 unspecified atom stereocenters. The lowest BCUT2D eigenvalue weighted by molar-refractivity contribution is -0.168. The van der Waals surface area contributed by atoms with Crippen molar-refractivity contribution in [3.63, 3.8) is 0 Å². The molecule has 9 atom stereocenters. The van der Waals surface area contributed by atoms with E-state index >= 15 is 0 Å². The number of unbranched alkanes of at least 4 members (excludes halogenated alkanes) is 20. The number of ether oxygens (including phenoxy) is 7. The number of nitrogen functional groups attached to an aromatic ring is 3. The average molecular weight is 1550 g/mol. The lowest BCUT2D eigenvalue weighted by Crippen LogP contribution is -2.45. The number of carbonyl (C=O) groups excluding carboxylic acids is 5. The summed E-state index contributed by atoms with van der Waals surface area (Å²) in [6, 6.07) is 0. The minimum Gasteiger partial charge on any atom is -0.461 e. The first-order valence-corrected chi connectivity index (χ1v) is 38.4. The lowest BCUT2D eigenvalue weighted by atomic mass is 9.98. The van der Waals surface area contributed by atoms with E-state index < -0.39 is 103 Å². The van der Waals surface area contributed by atoms with Gasteiger partial charge >= 0.3 is 42.1 Å². The summed E-state index contributed by atoms with van der Waals surface area (Å²) >= 11 is 5.15. The molecule has 33 heteroatoms. The summed E-state index contributed by atoms with van der Waals surface area (Å²) in [5.41, 5.74) is 13.6. The molecule has 0 aromatic carbocycles. The quantitative estimate of drug-likeness (QED) is 0.00595. The molecule has 0 saturated carbocycles. The van der Waals surface area contributed by atoms with Gasteiger partial charge in [0.05, 0.1) is 25.6 Å². The zero-order valence-corrected chi connectivity index (χ0v) is 64.0. The predicted molar refractivity (Wildman–Crippen MR) is 400 cm³/mol. The molecule has 6 aromatic heterocycles. The molecule has 9 heterocycles. The summed E-state index contributed by atoms with van der Waals surface area (Å²) in [6.45, 7) is 9.56. The summed E-state index contributed by atoms with van der Waals surface area (Å²) < 4.78 is 86.2. The number of imidazole rings is 3. The largest absolute Gasteiger partial charge is 0.461 e. The van der Waals surface area contributed by atoms with Crippen molar-refractivity contribution in [1.29, 1.82) is 0 Å². The van der Waals surface area contributed by atoms with Crippen molar-refractivity contribution in [3.8, 4) is 37.0 Å². The maximum Gasteiger partial charge on any atom is 0.312 e. The van der Waals surface area contributed by atoms with Crippen molar-refractivity contribution in [1.82, 2.24) is 58.6 Å². The zero-order chi connectivity index (χ0) is 79.5. The lowest BCUT2D eigenvalue weighted by Gasteiger charge is -2.28. The number of hydrogen-bond acceptors (Lipinski definition) is 26. The third-order valence-electron chi connectivity index (χ3n) is 18.9. The number of hydrogen-bond donors (Lipinski definition) is 5. The van der Waals surface area contributed by atoms with E-state index in [2.05, 4.69) is 97.2 Å². The van der Waals surface area contributed by atoms with Crippen LogP contribution in [-0.4, -0.2) is 153 Å². The second-order valence-corrected chi connectivity index (χ2v) is 27.7. The van der Waals surface area contributed by atoms with Gasteiger partial charge in [-0.15, -0.1) is 19.3 Å². The number of esters is 4. The maximum absolute atomic E-state index is 13.9. The number of nitrogens with zero attached hydrogens (tertiary/aromatic N) is 12. The first-order valence-electron chi connectivity index (χ1n) is 38.0. The molecule has 598 valence electrons. The molecule has 0 amide bonds. The molecule has 0 spiro atoms. The highest BCUT2D eigenvalue weighted by Crippen LogP contribution is 2.43. The van der Waals surface area contributed by atoms with E-state index in [1.807, 2.05) is 0 Å². The van der Waals surface area contributed by atoms with Gasteiger partial charge in [0.2, 0.25) is 16.4 Å². The maximum atomic E-state index is 13.9. The SMILES string of the molecule is C#C[C@]1(CO)O[C@@H](n2cnc3c(N)nc(F)nc32)C[C@@H]1O.C#C[C@]1(COC(=O)CCCCCCC)O[C@@H](n2cnc3c(N)nc(F)nc32)C[C@@H]1OC(=O)CCCCCCC.C#C[C@]1(COC(=O)CCCCCCC)O[C@@H](n2cnc3c(N)nc(F)nc32)C[C@@H]1OC(=O)CCCCCCC.CCCCCCCC(=O)Cl. The van der Waals surface area contributed by atoms with Crippen molar-refractivity contribution < 1.29 is 80.5 Å². The van der Waals surface area contributed by atoms with Crippen LogP contribution in [0, 0.1) is 55.3 Å². The van der Waals surface area contributed by atoms with E-state index in [-0.39, 0.29) is 114 Å². The summed E-state index contributed by atoms with van der Waals surface area (Å²) in [4.78, 5) is 94.6. The first-order chi connectivity index (χ1) is 52.4. The van der Waals surface area contributed by atoms with E-state index in [1.54, 1.807) is 0 Å². The Labute approximate surface area is 639 Å². The van der Waals surface area contributed by atoms with E-state index in [9.17, 15) is 47.4 Å². The summed E-state index contributed by atoms with van der Waals surface area (Å²) in [5, 5.41) is 19.1. The monoisotopic (exact) mass is 1550 g/mol. The second kappa shape index (κ2) is 45.3. The highest BCUT2D eigenvalue weighted by atomic mass is 35.5. The standard InChI is InChI=1S/2C28H40FN5O5.C12H12FN5O3.C8H15ClO/c2*1-4-7-9-11-13-15-22(35)37-18-28(6-3)20(38-23(36)16-14-12-10-8-5-2)17-21(39-28)34-19-31-24-25(30)32-27(29)33-26(24)34;1-2-12(4-19)6(20)3-7(21-12)18-5-15-8-9(14)16-11(13)17-10(8)18;1-2-3-4-5-6-7-8(9)10/h2*3,19-21H,4-5,7-18H2,1-2H3,(H2,30,32,33);1,5-7,19-20H,3-4H2,(H2,14,16,17);2-7H2,1H3/t2*20-,21+,28+;6-,7+,12+;/m000./s1. The molecule has 9 rings (SSSR count). The van der Waals surface area contributed by atoms with Gasteiger partial charge in [-0.1, -0.05) is 181 Å². The molecule has 6 aromatic rings. The van der Waals surface area contributed by atoms with Gasteiger partial charge < -0.3 is 60.6 Å². The molecule has 0 aliphatic carbocycles. The number of aliphatic hydroxyl groups excluding tert-OH is 2. The zero-order valence-electron chi connectivity index (χ0n) is 63.3. The van der Waals surface area contributed by atoms with Gasteiger partial charge in [0.15, 0.2) is 56.5 Å². The van der Waals surface area contributed by atoms with Gasteiger partial charge in [-0.3, -0.25) is 37.7 Å². The number of carbonyl (C=O) groups is 5. The molecule has 8 N–H and O–H groups in total. The van der Waals surface area contributed by atoms with E-state index in [1.165, 1.54) is 51.9 Å². The number of terminal acetylenes is 3. The second-order valence-electron chi connectivity index (χ2n) is 27.3. The summed E-state index contributed by atoms with van der Waals surface area (Å²) in [7, 11) is 0. The van der Waals surface area contributed by atoms with Gasteiger partial charge in [0.1, 0.15) is 50.2 Å². The minimum atomic E-state index is -1.53. The molecule has 0 bridgehead atoms. The fraction of sp³-hybridized carbons (Fsp3) is 0.658. The number of rotatable bonds is 40. The van der Waals surface area contributed by atoms with Gasteiger partial charge in [0.25, 0.3) is 0 Å². The molecule has 3 aliphatic rings. The normalized spacial score (nSPS) is 21.2. The number of anilines is 3. The van der Waals surface area contributed by atoms with E-state index in [0.29, 0.717) is 19.3 Å². The Morgan fingerprint density at radius 1 is 0.468 bits per heavy atom. The van der Waals surface area contributed by atoms with Crippen LogP contribution in [0.1, 0.15) is 265 Å². The summed E-state index contributed by atoms with van der Waals surface area (Å²) in [6.07, 6.45) is 40.5. The van der Waals surface area contributed by atoms with Gasteiger partial charge in [-0.2, -0.15) is 43.1 Å². The highest BCUT2D eigenvalue weighted by Gasteiger charge is 2.54. The van der Waals surface area contributed by atoms with Crippen molar-refractivity contribution >= 4 is 91.7 Å². The van der Waals surface area contributed by atoms with Gasteiger partial charge in [-0.05, 0) is 43.7 Å². The Kier molecular flexibility index (Phi) is 37.0. The summed E-state index contributed by atoms with van der Waals surface area (Å²) in [5.74, 6) is 5.47. The Morgan fingerprint density at radius 3 is 1.04 bits per heavy atom. The van der Waals surface area contributed by atoms with Crippen LogP contribution in [0.15, 0.2) is 19.0 Å². The number of aliphatic hydroxyl groups is 2. The van der Waals surface area contributed by atoms with Gasteiger partial charge in [-0.25, -0.2) is 15.0 Å². The van der Waals surface area contributed by atoms with Crippen LogP contribution in [0.2, 0.25) is 0 Å². The van der Waals surface area contributed by atoms with Crippen LogP contribution in [0.25, 0.3) is 33.5 Å². The number of fused-ring (bicyclic) bond motifs is 3. The average Bonchev–Trinajstić information content (AvgIpc) is 1.62. The molecule has 0 radical (unpaired) electrons. The van der Waals surface area contributed by atoms with Crippen molar-refractivity contribution in [2.75, 3.05) is 37.0 Å². The third kappa shape index (κ3) is 25.9.